The van der Waals surface area contributed by atoms with E-state index in [9.17, 15) is 9.59 Å². The molecule has 4 heteroatoms. The van der Waals surface area contributed by atoms with Gasteiger partial charge in [0.2, 0.25) is 5.91 Å². The number of thiophene rings is 1. The van der Waals surface area contributed by atoms with Gasteiger partial charge in [0, 0.05) is 15.3 Å². The minimum Gasteiger partial charge on any atom is -0.292 e. The van der Waals surface area contributed by atoms with Gasteiger partial charge in [0.25, 0.3) is 5.91 Å². The minimum absolute atomic E-state index is 0.207. The first-order valence-corrected chi connectivity index (χ1v) is 5.64. The molecule has 0 aromatic carbocycles. The maximum atomic E-state index is 11.3. The average Bonchev–Trinajstić information content (AvgIpc) is 2.75. The summed E-state index contributed by atoms with van der Waals surface area (Å²) in [6, 6.07) is 4.03. The first-order chi connectivity index (χ1) is 7.19. The van der Waals surface area contributed by atoms with Crippen molar-refractivity contribution in [3.8, 4) is 0 Å². The summed E-state index contributed by atoms with van der Waals surface area (Å²) < 4.78 is 0. The number of aryl methyl sites for hydroxylation is 1. The van der Waals surface area contributed by atoms with Crippen molar-refractivity contribution in [1.29, 1.82) is 0 Å². The Balaban J connectivity index is 2.22. The van der Waals surface area contributed by atoms with Crippen molar-refractivity contribution in [2.75, 3.05) is 0 Å². The number of amides is 2. The van der Waals surface area contributed by atoms with Gasteiger partial charge in [0.1, 0.15) is 0 Å². The largest absolute Gasteiger partial charge is 0.292 e. The highest BCUT2D eigenvalue weighted by molar-refractivity contribution is 7.12. The van der Waals surface area contributed by atoms with Gasteiger partial charge in [-0.2, -0.15) is 0 Å². The molecule has 0 saturated carbocycles. The van der Waals surface area contributed by atoms with Crippen LogP contribution in [0, 0.1) is 0 Å². The Bertz CT molecular complexity index is 445. The highest BCUT2D eigenvalue weighted by atomic mass is 32.1. The molecule has 1 aliphatic heterocycles. The summed E-state index contributed by atoms with van der Waals surface area (Å²) in [5.74, 6) is -0.468. The summed E-state index contributed by atoms with van der Waals surface area (Å²) in [4.78, 5) is 24.5. The van der Waals surface area contributed by atoms with Gasteiger partial charge in [0.15, 0.2) is 0 Å². The third kappa shape index (κ3) is 2.15. The zero-order chi connectivity index (χ0) is 10.8. The molecular weight excluding hydrogens is 210 g/mol. The normalized spacial score (nSPS) is 18.6. The molecule has 2 rings (SSSR count). The predicted octanol–water partition coefficient (Wildman–Crippen LogP) is 1.74. The van der Waals surface area contributed by atoms with Crippen molar-refractivity contribution in [2.45, 2.75) is 19.8 Å². The number of nitrogens with one attached hydrogen (secondary N) is 1. The van der Waals surface area contributed by atoms with Crippen LogP contribution in [0.5, 0.6) is 0 Å². The lowest BCUT2D eigenvalue weighted by atomic mass is 10.2. The van der Waals surface area contributed by atoms with E-state index >= 15 is 0 Å². The molecule has 78 valence electrons. The highest BCUT2D eigenvalue weighted by Gasteiger charge is 2.23. The van der Waals surface area contributed by atoms with Crippen LogP contribution in [0.25, 0.3) is 6.08 Å². The minimum atomic E-state index is -0.258. The maximum Gasteiger partial charge on any atom is 0.254 e. The summed E-state index contributed by atoms with van der Waals surface area (Å²) in [5, 5.41) is 2.27. The Labute approximate surface area is 91.8 Å². The van der Waals surface area contributed by atoms with Crippen molar-refractivity contribution >= 4 is 29.2 Å². The van der Waals surface area contributed by atoms with Gasteiger partial charge in [-0.3, -0.25) is 14.9 Å². The van der Waals surface area contributed by atoms with Crippen LogP contribution in [0.2, 0.25) is 0 Å². The maximum absolute atomic E-state index is 11.3. The van der Waals surface area contributed by atoms with Gasteiger partial charge in [-0.05, 0) is 24.6 Å². The molecule has 1 fully saturated rings. The van der Waals surface area contributed by atoms with Gasteiger partial charge < -0.3 is 0 Å². The van der Waals surface area contributed by atoms with Gasteiger partial charge in [-0.15, -0.1) is 11.3 Å². The Morgan fingerprint density at radius 3 is 2.80 bits per heavy atom. The Morgan fingerprint density at radius 1 is 1.47 bits per heavy atom. The first kappa shape index (κ1) is 10.1. The van der Waals surface area contributed by atoms with Crippen LogP contribution in [0.15, 0.2) is 17.7 Å². The summed E-state index contributed by atoms with van der Waals surface area (Å²) in [6.45, 7) is 2.09. The van der Waals surface area contributed by atoms with Crippen molar-refractivity contribution in [1.82, 2.24) is 5.32 Å². The average molecular weight is 221 g/mol. The van der Waals surface area contributed by atoms with Gasteiger partial charge in [-0.1, -0.05) is 6.92 Å². The monoisotopic (exact) mass is 221 g/mol. The van der Waals surface area contributed by atoms with E-state index in [0.29, 0.717) is 5.57 Å². The van der Waals surface area contributed by atoms with Gasteiger partial charge >= 0.3 is 0 Å². The van der Waals surface area contributed by atoms with Crippen LogP contribution in [-0.4, -0.2) is 11.8 Å². The van der Waals surface area contributed by atoms with Crippen molar-refractivity contribution in [2.24, 2.45) is 0 Å². The zero-order valence-corrected chi connectivity index (χ0v) is 9.19. The molecule has 3 nitrogen and oxygen atoms in total. The molecule has 1 saturated heterocycles. The molecule has 2 amide bonds. The fourth-order valence-corrected chi connectivity index (χ4v) is 2.38. The highest BCUT2D eigenvalue weighted by Crippen LogP contribution is 2.22. The molecule has 0 radical (unpaired) electrons. The second-order valence-electron chi connectivity index (χ2n) is 3.38. The van der Waals surface area contributed by atoms with Crippen molar-refractivity contribution < 1.29 is 9.59 Å². The Kier molecular flexibility index (Phi) is 2.68. The predicted molar refractivity (Wildman–Crippen MR) is 59.4 cm³/mol. The van der Waals surface area contributed by atoms with Crippen LogP contribution < -0.4 is 5.32 Å². The number of carbonyl (C=O) groups is 2. The second kappa shape index (κ2) is 3.98. The molecule has 1 N–H and O–H groups in total. The van der Waals surface area contributed by atoms with Crippen LogP contribution in [0.1, 0.15) is 23.1 Å². The standard InChI is InChI=1S/C11H11NO2S/c1-2-8-3-4-9(15-8)5-7-6-10(13)12-11(7)14/h3-5H,2,6H2,1H3,(H,12,13,14). The quantitative estimate of drug-likeness (QED) is 0.610. The number of hydrogen-bond donors (Lipinski definition) is 1. The fourth-order valence-electron chi connectivity index (χ4n) is 1.45. The first-order valence-electron chi connectivity index (χ1n) is 4.82. The lowest BCUT2D eigenvalue weighted by molar-refractivity contribution is -0.124. The number of hydrogen-bond acceptors (Lipinski definition) is 3. The third-order valence-corrected chi connectivity index (χ3v) is 3.42. The van der Waals surface area contributed by atoms with Gasteiger partial charge in [0.05, 0.1) is 6.42 Å². The summed E-state index contributed by atoms with van der Waals surface area (Å²) in [7, 11) is 0. The number of carbonyl (C=O) groups excluding carboxylic acids is 2. The van der Waals surface area contributed by atoms with Gasteiger partial charge in [-0.25, -0.2) is 0 Å². The summed E-state index contributed by atoms with van der Waals surface area (Å²) in [5.41, 5.74) is 0.560. The third-order valence-electron chi connectivity index (χ3n) is 2.24. The van der Waals surface area contributed by atoms with Crippen molar-refractivity contribution in [3.05, 3.63) is 27.5 Å². The number of imide groups is 1. The summed E-state index contributed by atoms with van der Waals surface area (Å²) >= 11 is 1.66. The molecule has 0 aliphatic carbocycles. The Hall–Kier alpha value is -1.42. The molecular formula is C11H11NO2S. The fraction of sp³-hybridized carbons (Fsp3) is 0.273. The van der Waals surface area contributed by atoms with E-state index in [2.05, 4.69) is 12.2 Å². The molecule has 1 aromatic rings. The van der Waals surface area contributed by atoms with E-state index in [0.717, 1.165) is 11.3 Å². The Morgan fingerprint density at radius 2 is 2.27 bits per heavy atom. The molecule has 0 atom stereocenters. The van der Waals surface area contributed by atoms with E-state index in [1.807, 2.05) is 12.1 Å². The van der Waals surface area contributed by atoms with E-state index in [1.54, 1.807) is 17.4 Å². The van der Waals surface area contributed by atoms with E-state index < -0.39 is 0 Å². The summed E-state index contributed by atoms with van der Waals surface area (Å²) in [6.07, 6.45) is 3.00. The molecule has 15 heavy (non-hydrogen) atoms. The molecule has 0 bridgehead atoms. The molecule has 1 aliphatic rings. The topological polar surface area (TPSA) is 46.2 Å². The van der Waals surface area contributed by atoms with E-state index in [1.165, 1.54) is 4.88 Å². The van der Waals surface area contributed by atoms with Crippen molar-refractivity contribution in [3.63, 3.8) is 0 Å². The second-order valence-corrected chi connectivity index (χ2v) is 4.58. The van der Waals surface area contributed by atoms with Crippen LogP contribution in [0.4, 0.5) is 0 Å². The van der Waals surface area contributed by atoms with Crippen LogP contribution >= 0.6 is 11.3 Å². The lowest BCUT2D eigenvalue weighted by Gasteiger charge is -1.89. The van der Waals surface area contributed by atoms with Crippen LogP contribution in [-0.2, 0) is 16.0 Å². The van der Waals surface area contributed by atoms with Crippen LogP contribution in [0.3, 0.4) is 0 Å². The number of rotatable bonds is 2. The molecule has 1 aromatic heterocycles. The van der Waals surface area contributed by atoms with E-state index in [4.69, 9.17) is 0 Å². The molecule has 2 heterocycles. The van der Waals surface area contributed by atoms with E-state index in [-0.39, 0.29) is 18.2 Å². The lowest BCUT2D eigenvalue weighted by Crippen LogP contribution is -2.19. The smallest absolute Gasteiger partial charge is 0.254 e. The molecule has 0 unspecified atom stereocenters. The molecule has 0 spiro atoms. The zero-order valence-electron chi connectivity index (χ0n) is 8.37. The SMILES string of the molecule is CCc1ccc(C=C2CC(=O)NC2=O)s1.